The van der Waals surface area contributed by atoms with Gasteiger partial charge in [0.1, 0.15) is 6.29 Å². The monoisotopic (exact) mass is 180 g/mol. The van der Waals surface area contributed by atoms with Crippen LogP contribution in [0.4, 0.5) is 0 Å². The van der Waals surface area contributed by atoms with E-state index in [0.717, 1.165) is 11.3 Å². The van der Waals surface area contributed by atoms with Crippen molar-refractivity contribution in [1.29, 1.82) is 0 Å². The van der Waals surface area contributed by atoms with Crippen LogP contribution in [-0.4, -0.2) is 6.29 Å². The van der Waals surface area contributed by atoms with Gasteiger partial charge in [-0.1, -0.05) is 23.7 Å². The molecule has 0 saturated heterocycles. The molecule has 0 amide bonds. The Kier molecular flexibility index (Phi) is 1.89. The fourth-order valence-corrected chi connectivity index (χ4v) is 1.69. The van der Waals surface area contributed by atoms with Gasteiger partial charge in [0.2, 0.25) is 0 Å². The van der Waals surface area contributed by atoms with Crippen LogP contribution in [0.15, 0.2) is 18.2 Å². The predicted molar refractivity (Wildman–Crippen MR) is 48.8 cm³/mol. The smallest absolute Gasteiger partial charge is 0.150 e. The molecule has 2 heteroatoms. The van der Waals surface area contributed by atoms with Crippen molar-refractivity contribution in [3.63, 3.8) is 0 Å². The van der Waals surface area contributed by atoms with Crippen molar-refractivity contribution < 1.29 is 4.79 Å². The molecule has 2 rings (SSSR count). The summed E-state index contributed by atoms with van der Waals surface area (Å²) in [4.78, 5) is 10.4. The first-order chi connectivity index (χ1) is 5.81. The normalized spacial score (nSPS) is 16.1. The largest absolute Gasteiger partial charge is 0.298 e. The quantitative estimate of drug-likeness (QED) is 0.640. The topological polar surface area (TPSA) is 17.1 Å². The summed E-state index contributed by atoms with van der Waals surface area (Å²) in [7, 11) is 0. The minimum Gasteiger partial charge on any atom is -0.298 e. The average Bonchev–Trinajstić information content (AvgIpc) is 2.87. The highest BCUT2D eigenvalue weighted by atomic mass is 35.5. The van der Waals surface area contributed by atoms with Crippen molar-refractivity contribution in [2.75, 3.05) is 0 Å². The molecule has 0 radical (unpaired) electrons. The van der Waals surface area contributed by atoms with Gasteiger partial charge < -0.3 is 0 Å². The molecular formula is C10H9ClO. The summed E-state index contributed by atoms with van der Waals surface area (Å²) in [5.41, 5.74) is 1.85. The van der Waals surface area contributed by atoms with Crippen LogP contribution in [0.25, 0.3) is 0 Å². The third kappa shape index (κ3) is 1.37. The number of hydrogen-bond acceptors (Lipinski definition) is 1. The van der Waals surface area contributed by atoms with Gasteiger partial charge in [-0.25, -0.2) is 0 Å². The van der Waals surface area contributed by atoms with E-state index in [1.165, 1.54) is 18.4 Å². The summed E-state index contributed by atoms with van der Waals surface area (Å²) in [6, 6.07) is 5.53. The Morgan fingerprint density at radius 3 is 2.67 bits per heavy atom. The van der Waals surface area contributed by atoms with E-state index in [-0.39, 0.29) is 0 Å². The highest BCUT2D eigenvalue weighted by molar-refractivity contribution is 6.31. The van der Waals surface area contributed by atoms with Crippen LogP contribution in [0.5, 0.6) is 0 Å². The molecule has 0 heterocycles. The lowest BCUT2D eigenvalue weighted by atomic mass is 10.1. The molecule has 0 bridgehead atoms. The van der Waals surface area contributed by atoms with Crippen molar-refractivity contribution in [3.05, 3.63) is 34.3 Å². The van der Waals surface area contributed by atoms with Crippen LogP contribution in [-0.2, 0) is 0 Å². The van der Waals surface area contributed by atoms with E-state index in [1.54, 1.807) is 6.07 Å². The Bertz CT molecular complexity index is 316. The zero-order valence-corrected chi connectivity index (χ0v) is 7.34. The number of carbonyl (C=O) groups is 1. The van der Waals surface area contributed by atoms with Crippen molar-refractivity contribution in [1.82, 2.24) is 0 Å². The first kappa shape index (κ1) is 7.81. The van der Waals surface area contributed by atoms with Gasteiger partial charge in [0.05, 0.1) is 0 Å². The molecule has 12 heavy (non-hydrogen) atoms. The third-order valence-corrected chi connectivity index (χ3v) is 2.51. The first-order valence-corrected chi connectivity index (χ1v) is 4.43. The summed E-state index contributed by atoms with van der Waals surface area (Å²) >= 11 is 5.98. The van der Waals surface area contributed by atoms with Gasteiger partial charge in [-0.05, 0) is 30.4 Å². The van der Waals surface area contributed by atoms with Gasteiger partial charge in [-0.2, -0.15) is 0 Å². The van der Waals surface area contributed by atoms with Crippen LogP contribution in [0.3, 0.4) is 0 Å². The van der Waals surface area contributed by atoms with Crippen molar-refractivity contribution in [3.8, 4) is 0 Å². The van der Waals surface area contributed by atoms with E-state index < -0.39 is 0 Å². The Morgan fingerprint density at radius 1 is 1.42 bits per heavy atom. The van der Waals surface area contributed by atoms with Gasteiger partial charge in [-0.15, -0.1) is 0 Å². The highest BCUT2D eigenvalue weighted by Gasteiger charge is 2.25. The maximum atomic E-state index is 10.4. The fourth-order valence-electron chi connectivity index (χ4n) is 1.34. The molecule has 1 aliphatic carbocycles. The molecule has 62 valence electrons. The van der Waals surface area contributed by atoms with Gasteiger partial charge in [0, 0.05) is 10.6 Å². The summed E-state index contributed by atoms with van der Waals surface area (Å²) in [5, 5.41) is 0.738. The van der Waals surface area contributed by atoms with Crippen molar-refractivity contribution in [2.24, 2.45) is 0 Å². The Hall–Kier alpha value is -0.820. The van der Waals surface area contributed by atoms with E-state index in [4.69, 9.17) is 11.6 Å². The second-order valence-corrected chi connectivity index (χ2v) is 3.58. The van der Waals surface area contributed by atoms with Crippen molar-refractivity contribution in [2.45, 2.75) is 18.8 Å². The number of hydrogen-bond donors (Lipinski definition) is 0. The van der Waals surface area contributed by atoms with E-state index in [2.05, 4.69) is 0 Å². The minimum absolute atomic E-state index is 0.651. The predicted octanol–water partition coefficient (Wildman–Crippen LogP) is 3.03. The second kappa shape index (κ2) is 2.91. The summed E-state index contributed by atoms with van der Waals surface area (Å²) < 4.78 is 0. The lowest BCUT2D eigenvalue weighted by Crippen LogP contribution is -1.84. The van der Waals surface area contributed by atoms with E-state index >= 15 is 0 Å². The second-order valence-electron chi connectivity index (χ2n) is 3.17. The fraction of sp³-hybridized carbons (Fsp3) is 0.300. The van der Waals surface area contributed by atoms with Crippen molar-refractivity contribution >= 4 is 17.9 Å². The Balaban J connectivity index is 2.38. The summed E-state index contributed by atoms with van der Waals surface area (Å²) in [6.07, 6.45) is 3.29. The molecule has 1 aliphatic rings. The summed E-state index contributed by atoms with van der Waals surface area (Å²) in [5.74, 6) is 0.651. The Morgan fingerprint density at radius 2 is 2.17 bits per heavy atom. The maximum Gasteiger partial charge on any atom is 0.150 e. The maximum absolute atomic E-state index is 10.4. The molecule has 0 N–H and O–H groups in total. The molecule has 1 fully saturated rings. The number of benzene rings is 1. The zero-order valence-electron chi connectivity index (χ0n) is 6.59. The van der Waals surface area contributed by atoms with Gasteiger partial charge in [-0.3, -0.25) is 4.79 Å². The van der Waals surface area contributed by atoms with E-state index in [9.17, 15) is 4.79 Å². The number of rotatable bonds is 2. The molecule has 1 nitrogen and oxygen atoms in total. The van der Waals surface area contributed by atoms with E-state index in [1.807, 2.05) is 12.1 Å². The summed E-state index contributed by atoms with van der Waals surface area (Å²) in [6.45, 7) is 0. The number of halogens is 1. The number of aldehydes is 1. The molecule has 0 aromatic heterocycles. The Labute approximate surface area is 76.4 Å². The number of carbonyl (C=O) groups excluding carboxylic acids is 1. The van der Waals surface area contributed by atoms with Crippen LogP contribution >= 0.6 is 11.6 Å². The van der Waals surface area contributed by atoms with Crippen LogP contribution in [0.1, 0.15) is 34.7 Å². The van der Waals surface area contributed by atoms with Crippen LogP contribution in [0.2, 0.25) is 5.02 Å². The third-order valence-electron chi connectivity index (χ3n) is 2.18. The van der Waals surface area contributed by atoms with Gasteiger partial charge in [0.15, 0.2) is 0 Å². The molecular weight excluding hydrogens is 172 g/mol. The zero-order chi connectivity index (χ0) is 8.55. The van der Waals surface area contributed by atoms with E-state index in [0.29, 0.717) is 11.5 Å². The standard InChI is InChI=1S/C10H9ClO/c11-10-5-7(6-12)1-4-9(10)8-2-3-8/h1,4-6,8H,2-3H2. The molecule has 0 aliphatic heterocycles. The highest BCUT2D eigenvalue weighted by Crippen LogP contribution is 2.43. The van der Waals surface area contributed by atoms with Crippen LogP contribution < -0.4 is 0 Å². The minimum atomic E-state index is 0.651. The molecule has 0 unspecified atom stereocenters. The molecule has 0 spiro atoms. The lowest BCUT2D eigenvalue weighted by Gasteiger charge is -2.01. The SMILES string of the molecule is O=Cc1ccc(C2CC2)c(Cl)c1. The van der Waals surface area contributed by atoms with Crippen LogP contribution in [0, 0.1) is 0 Å². The molecule has 0 atom stereocenters. The molecule has 1 aromatic carbocycles. The van der Waals surface area contributed by atoms with Gasteiger partial charge >= 0.3 is 0 Å². The molecule has 1 aromatic rings. The lowest BCUT2D eigenvalue weighted by molar-refractivity contribution is 0.112. The molecule has 1 saturated carbocycles. The average molecular weight is 181 g/mol. The first-order valence-electron chi connectivity index (χ1n) is 4.06. The van der Waals surface area contributed by atoms with Gasteiger partial charge in [0.25, 0.3) is 0 Å².